The van der Waals surface area contributed by atoms with E-state index in [0.29, 0.717) is 5.02 Å². The molecule has 1 aromatic heterocycles. The Morgan fingerprint density at radius 2 is 1.95 bits per heavy atom. The predicted molar refractivity (Wildman–Crippen MR) is 77.4 cm³/mol. The average molecular weight is 330 g/mol. The number of aromatic carboxylic acids is 1. The van der Waals surface area contributed by atoms with E-state index in [1.54, 1.807) is 12.1 Å². The molecule has 0 bridgehead atoms. The van der Waals surface area contributed by atoms with Gasteiger partial charge in [-0.05, 0) is 32.0 Å². The fourth-order valence-electron chi connectivity index (χ4n) is 1.99. The molecule has 6 nitrogen and oxygen atoms in total. The van der Waals surface area contributed by atoms with Gasteiger partial charge in [0.1, 0.15) is 22.0 Å². The van der Waals surface area contributed by atoms with Crippen LogP contribution in [0.15, 0.2) is 33.6 Å². The van der Waals surface area contributed by atoms with E-state index in [0.717, 1.165) is 0 Å². The van der Waals surface area contributed by atoms with Crippen molar-refractivity contribution in [2.75, 3.05) is 4.72 Å². The van der Waals surface area contributed by atoms with Gasteiger partial charge in [-0.3, -0.25) is 4.72 Å². The monoisotopic (exact) mass is 329 g/mol. The smallest absolute Gasteiger partial charge is 0.340 e. The van der Waals surface area contributed by atoms with Crippen molar-refractivity contribution in [2.24, 2.45) is 0 Å². The van der Waals surface area contributed by atoms with Gasteiger partial charge in [-0.25, -0.2) is 13.2 Å². The van der Waals surface area contributed by atoms with Crippen LogP contribution in [-0.2, 0) is 10.0 Å². The molecule has 0 unspecified atom stereocenters. The highest BCUT2D eigenvalue weighted by atomic mass is 35.5. The molecule has 2 N–H and O–H groups in total. The molecule has 0 aliphatic carbocycles. The molecule has 0 aliphatic heterocycles. The summed E-state index contributed by atoms with van der Waals surface area (Å²) in [5.74, 6) is -1.32. The molecule has 0 saturated heterocycles. The molecule has 0 fully saturated rings. The highest BCUT2D eigenvalue weighted by Crippen LogP contribution is 2.28. The summed E-state index contributed by atoms with van der Waals surface area (Å²) < 4.78 is 32.2. The second kappa shape index (κ2) is 5.42. The highest BCUT2D eigenvalue weighted by Gasteiger charge is 2.30. The van der Waals surface area contributed by atoms with Gasteiger partial charge >= 0.3 is 5.97 Å². The number of aryl methyl sites for hydroxylation is 2. The summed E-state index contributed by atoms with van der Waals surface area (Å²) >= 11 is 5.79. The van der Waals surface area contributed by atoms with Crippen LogP contribution in [0, 0.1) is 13.8 Å². The summed E-state index contributed by atoms with van der Waals surface area (Å²) in [6.45, 7) is 2.79. The van der Waals surface area contributed by atoms with Crippen LogP contribution in [0.4, 0.5) is 5.69 Å². The maximum atomic E-state index is 12.4. The van der Waals surface area contributed by atoms with Crippen LogP contribution < -0.4 is 4.72 Å². The molecule has 112 valence electrons. The van der Waals surface area contributed by atoms with Gasteiger partial charge in [0.2, 0.25) is 0 Å². The number of anilines is 1. The largest absolute Gasteiger partial charge is 0.478 e. The van der Waals surface area contributed by atoms with E-state index < -0.39 is 16.0 Å². The first-order chi connectivity index (χ1) is 9.72. The molecule has 0 aliphatic rings. The number of hydrogen-bond acceptors (Lipinski definition) is 4. The van der Waals surface area contributed by atoms with Crippen molar-refractivity contribution in [1.29, 1.82) is 0 Å². The van der Waals surface area contributed by atoms with Crippen molar-refractivity contribution < 1.29 is 22.7 Å². The maximum absolute atomic E-state index is 12.4. The zero-order valence-corrected chi connectivity index (χ0v) is 12.7. The Kier molecular flexibility index (Phi) is 3.97. The minimum absolute atomic E-state index is 0.0134. The molecule has 0 atom stereocenters. The highest BCUT2D eigenvalue weighted by molar-refractivity contribution is 7.92. The number of carboxylic acid groups (broad SMARTS) is 1. The molecule has 0 radical (unpaired) electrons. The SMILES string of the molecule is Cc1oc(C)c(S(=O)(=O)Nc2cccc(Cl)c2)c1C(=O)O. The lowest BCUT2D eigenvalue weighted by molar-refractivity contribution is 0.0691. The molecule has 2 aromatic rings. The minimum Gasteiger partial charge on any atom is -0.478 e. The van der Waals surface area contributed by atoms with E-state index in [9.17, 15) is 13.2 Å². The van der Waals surface area contributed by atoms with Crippen molar-refractivity contribution in [2.45, 2.75) is 18.7 Å². The summed E-state index contributed by atoms with van der Waals surface area (Å²) in [5, 5.41) is 9.52. The summed E-state index contributed by atoms with van der Waals surface area (Å²) in [6.07, 6.45) is 0. The van der Waals surface area contributed by atoms with Gasteiger partial charge in [0.25, 0.3) is 10.0 Å². The van der Waals surface area contributed by atoms with Crippen molar-refractivity contribution in [1.82, 2.24) is 0 Å². The number of carboxylic acids is 1. The summed E-state index contributed by atoms with van der Waals surface area (Å²) in [7, 11) is -4.10. The first-order valence-electron chi connectivity index (χ1n) is 5.84. The Labute approximate surface area is 126 Å². The van der Waals surface area contributed by atoms with E-state index >= 15 is 0 Å². The molecule has 21 heavy (non-hydrogen) atoms. The second-order valence-corrected chi connectivity index (χ2v) is 6.40. The van der Waals surface area contributed by atoms with Gasteiger partial charge in [0.15, 0.2) is 0 Å². The first kappa shape index (κ1) is 15.4. The van der Waals surface area contributed by atoms with E-state index in [4.69, 9.17) is 21.1 Å². The molecule has 8 heteroatoms. The average Bonchev–Trinajstić information content (AvgIpc) is 2.64. The predicted octanol–water partition coefficient (Wildman–Crippen LogP) is 3.05. The molecule has 1 aromatic carbocycles. The van der Waals surface area contributed by atoms with Crippen LogP contribution >= 0.6 is 11.6 Å². The quantitative estimate of drug-likeness (QED) is 0.898. The molecular formula is C13H12ClNO5S. The number of hydrogen-bond donors (Lipinski definition) is 2. The number of furan rings is 1. The van der Waals surface area contributed by atoms with Crippen molar-refractivity contribution in [3.8, 4) is 0 Å². The number of carbonyl (C=O) groups is 1. The van der Waals surface area contributed by atoms with Crippen molar-refractivity contribution >= 4 is 33.3 Å². The number of rotatable bonds is 4. The lowest BCUT2D eigenvalue weighted by Gasteiger charge is -2.08. The van der Waals surface area contributed by atoms with Crippen molar-refractivity contribution in [3.05, 3.63) is 46.4 Å². The van der Waals surface area contributed by atoms with E-state index in [-0.39, 0.29) is 27.7 Å². The van der Waals surface area contributed by atoms with Crippen LogP contribution in [-0.4, -0.2) is 19.5 Å². The first-order valence-corrected chi connectivity index (χ1v) is 7.70. The zero-order chi connectivity index (χ0) is 15.8. The van der Waals surface area contributed by atoms with Gasteiger partial charge in [-0.1, -0.05) is 17.7 Å². The van der Waals surface area contributed by atoms with Gasteiger partial charge in [-0.2, -0.15) is 0 Å². The topological polar surface area (TPSA) is 96.6 Å². The Morgan fingerprint density at radius 1 is 1.29 bits per heavy atom. The van der Waals surface area contributed by atoms with E-state index in [1.807, 2.05) is 0 Å². The lowest BCUT2D eigenvalue weighted by atomic mass is 10.2. The lowest BCUT2D eigenvalue weighted by Crippen LogP contribution is -2.16. The van der Waals surface area contributed by atoms with Gasteiger partial charge < -0.3 is 9.52 Å². The van der Waals surface area contributed by atoms with E-state index in [2.05, 4.69) is 4.72 Å². The Hall–Kier alpha value is -1.99. The fourth-order valence-corrected chi connectivity index (χ4v) is 3.64. The summed E-state index contributed by atoms with van der Waals surface area (Å²) in [6, 6.07) is 6.09. The van der Waals surface area contributed by atoms with Gasteiger partial charge in [-0.15, -0.1) is 0 Å². The standard InChI is InChI=1S/C13H12ClNO5S/c1-7-11(13(16)17)12(8(2)20-7)21(18,19)15-10-5-3-4-9(14)6-10/h3-6,15H,1-2H3,(H,16,17). The van der Waals surface area contributed by atoms with Crippen LogP contribution in [0.25, 0.3) is 0 Å². The van der Waals surface area contributed by atoms with Crippen LogP contribution in [0.2, 0.25) is 5.02 Å². The normalized spacial score (nSPS) is 11.4. The Morgan fingerprint density at radius 3 is 2.52 bits per heavy atom. The minimum atomic E-state index is -4.10. The van der Waals surface area contributed by atoms with E-state index in [1.165, 1.54) is 26.0 Å². The van der Waals surface area contributed by atoms with Crippen LogP contribution in [0.5, 0.6) is 0 Å². The Bertz CT molecular complexity index is 810. The summed E-state index contributed by atoms with van der Waals surface area (Å²) in [5.41, 5.74) is -0.140. The number of benzene rings is 1. The molecule has 1 heterocycles. The number of sulfonamides is 1. The van der Waals surface area contributed by atoms with Crippen molar-refractivity contribution in [3.63, 3.8) is 0 Å². The Balaban J connectivity index is 2.53. The molecule has 0 spiro atoms. The number of nitrogens with one attached hydrogen (secondary N) is 1. The third-order valence-electron chi connectivity index (χ3n) is 2.76. The van der Waals surface area contributed by atoms with Crippen LogP contribution in [0.1, 0.15) is 21.9 Å². The third kappa shape index (κ3) is 3.03. The number of halogens is 1. The fraction of sp³-hybridized carbons (Fsp3) is 0.154. The van der Waals surface area contributed by atoms with Gasteiger partial charge in [0.05, 0.1) is 5.69 Å². The maximum Gasteiger partial charge on any atom is 0.340 e. The molecule has 0 saturated carbocycles. The molecule has 2 rings (SSSR count). The molecular weight excluding hydrogens is 318 g/mol. The van der Waals surface area contributed by atoms with Gasteiger partial charge in [0, 0.05) is 5.02 Å². The zero-order valence-electron chi connectivity index (χ0n) is 11.2. The molecule has 0 amide bonds. The third-order valence-corrected chi connectivity index (χ3v) is 4.53. The van der Waals surface area contributed by atoms with Crippen LogP contribution in [0.3, 0.4) is 0 Å². The second-order valence-electron chi connectivity index (χ2n) is 4.34. The summed E-state index contributed by atoms with van der Waals surface area (Å²) in [4.78, 5) is 10.9.